The SMILES string of the molecule is OC1CC(CNc2nnc(C(F)(F)F)s2)C1. The lowest BCUT2D eigenvalue weighted by molar-refractivity contribution is -0.138. The number of alkyl halides is 3. The van der Waals surface area contributed by atoms with Gasteiger partial charge in [-0.2, -0.15) is 13.2 Å². The molecule has 1 aromatic rings. The van der Waals surface area contributed by atoms with Gasteiger partial charge in [-0.25, -0.2) is 0 Å². The highest BCUT2D eigenvalue weighted by atomic mass is 32.1. The van der Waals surface area contributed by atoms with E-state index in [1.54, 1.807) is 0 Å². The molecule has 16 heavy (non-hydrogen) atoms. The molecule has 0 radical (unpaired) electrons. The largest absolute Gasteiger partial charge is 0.445 e. The van der Waals surface area contributed by atoms with Crippen molar-refractivity contribution < 1.29 is 18.3 Å². The Kier molecular flexibility index (Phi) is 3.02. The van der Waals surface area contributed by atoms with Gasteiger partial charge in [0, 0.05) is 6.54 Å². The lowest BCUT2D eigenvalue weighted by atomic mass is 9.82. The summed E-state index contributed by atoms with van der Waals surface area (Å²) in [7, 11) is 0. The van der Waals surface area contributed by atoms with E-state index in [9.17, 15) is 13.2 Å². The zero-order valence-corrected chi connectivity index (χ0v) is 8.98. The van der Waals surface area contributed by atoms with E-state index < -0.39 is 11.2 Å². The number of nitrogens with one attached hydrogen (secondary N) is 1. The van der Waals surface area contributed by atoms with E-state index in [4.69, 9.17) is 5.11 Å². The van der Waals surface area contributed by atoms with Crippen LogP contribution < -0.4 is 5.32 Å². The van der Waals surface area contributed by atoms with Crippen LogP contribution in [0, 0.1) is 5.92 Å². The number of halogens is 3. The van der Waals surface area contributed by atoms with Crippen LogP contribution in [0.3, 0.4) is 0 Å². The predicted molar refractivity (Wildman–Crippen MR) is 52.1 cm³/mol. The number of hydrogen-bond acceptors (Lipinski definition) is 5. The molecule has 1 saturated carbocycles. The van der Waals surface area contributed by atoms with Gasteiger partial charge >= 0.3 is 6.18 Å². The summed E-state index contributed by atoms with van der Waals surface area (Å²) in [5.74, 6) is 0.313. The number of hydrogen-bond donors (Lipinski definition) is 2. The molecule has 1 heterocycles. The van der Waals surface area contributed by atoms with Crippen molar-refractivity contribution in [1.82, 2.24) is 10.2 Å². The predicted octanol–water partition coefficient (Wildman–Crippen LogP) is 1.74. The smallest absolute Gasteiger partial charge is 0.393 e. The Labute approximate surface area is 93.5 Å². The van der Waals surface area contributed by atoms with E-state index in [-0.39, 0.29) is 11.2 Å². The first-order valence-electron chi connectivity index (χ1n) is 4.78. The fraction of sp³-hybridized carbons (Fsp3) is 0.750. The van der Waals surface area contributed by atoms with Gasteiger partial charge in [0.25, 0.3) is 0 Å². The molecule has 0 amide bonds. The van der Waals surface area contributed by atoms with Crippen molar-refractivity contribution in [1.29, 1.82) is 0 Å². The van der Waals surface area contributed by atoms with E-state index in [1.165, 1.54) is 0 Å². The zero-order chi connectivity index (χ0) is 11.8. The van der Waals surface area contributed by atoms with Crippen LogP contribution in [0.4, 0.5) is 18.3 Å². The molecule has 4 nitrogen and oxygen atoms in total. The quantitative estimate of drug-likeness (QED) is 0.861. The zero-order valence-electron chi connectivity index (χ0n) is 8.16. The second-order valence-electron chi connectivity index (χ2n) is 3.78. The number of rotatable bonds is 3. The highest BCUT2D eigenvalue weighted by molar-refractivity contribution is 7.15. The Morgan fingerprint density at radius 2 is 2.06 bits per heavy atom. The molecule has 1 aromatic heterocycles. The minimum Gasteiger partial charge on any atom is -0.393 e. The number of anilines is 1. The van der Waals surface area contributed by atoms with E-state index >= 15 is 0 Å². The fourth-order valence-corrected chi connectivity index (χ4v) is 2.13. The molecule has 0 saturated heterocycles. The maximum absolute atomic E-state index is 12.2. The third kappa shape index (κ3) is 2.62. The van der Waals surface area contributed by atoms with Gasteiger partial charge in [0.1, 0.15) is 0 Å². The van der Waals surface area contributed by atoms with Gasteiger partial charge < -0.3 is 10.4 Å². The molecule has 0 spiro atoms. The summed E-state index contributed by atoms with van der Waals surface area (Å²) in [6, 6.07) is 0. The molecule has 8 heteroatoms. The summed E-state index contributed by atoms with van der Waals surface area (Å²) in [5.41, 5.74) is 0. The number of aliphatic hydroxyl groups is 1. The van der Waals surface area contributed by atoms with Crippen molar-refractivity contribution in [2.75, 3.05) is 11.9 Å². The van der Waals surface area contributed by atoms with E-state index in [0.717, 1.165) is 0 Å². The van der Waals surface area contributed by atoms with Crippen molar-refractivity contribution in [3.63, 3.8) is 0 Å². The molecule has 1 aliphatic rings. The van der Waals surface area contributed by atoms with Crippen LogP contribution in [-0.4, -0.2) is 28.0 Å². The van der Waals surface area contributed by atoms with Crippen LogP contribution in [0.2, 0.25) is 0 Å². The highest BCUT2D eigenvalue weighted by Gasteiger charge is 2.35. The van der Waals surface area contributed by atoms with Gasteiger partial charge in [-0.1, -0.05) is 11.3 Å². The topological polar surface area (TPSA) is 58.0 Å². The van der Waals surface area contributed by atoms with Gasteiger partial charge in [0.05, 0.1) is 6.10 Å². The van der Waals surface area contributed by atoms with Crippen molar-refractivity contribution in [2.45, 2.75) is 25.1 Å². The second kappa shape index (κ2) is 4.17. The Bertz CT molecular complexity index is 362. The lowest BCUT2D eigenvalue weighted by Crippen LogP contribution is -2.33. The minimum atomic E-state index is -4.43. The minimum absolute atomic E-state index is 0.175. The van der Waals surface area contributed by atoms with Gasteiger partial charge in [-0.3, -0.25) is 0 Å². The van der Waals surface area contributed by atoms with E-state index in [1.807, 2.05) is 0 Å². The maximum atomic E-state index is 12.2. The van der Waals surface area contributed by atoms with Crippen molar-refractivity contribution in [2.24, 2.45) is 5.92 Å². The van der Waals surface area contributed by atoms with Crippen LogP contribution in [0.25, 0.3) is 0 Å². The molecule has 1 aliphatic carbocycles. The molecular weight excluding hydrogens is 243 g/mol. The third-order valence-corrected chi connectivity index (χ3v) is 3.35. The molecule has 90 valence electrons. The summed E-state index contributed by atoms with van der Waals surface area (Å²) in [6.07, 6.45) is -3.30. The highest BCUT2D eigenvalue weighted by Crippen LogP contribution is 2.33. The summed E-state index contributed by atoms with van der Waals surface area (Å²) in [4.78, 5) is 0. The fourth-order valence-electron chi connectivity index (χ4n) is 1.51. The van der Waals surface area contributed by atoms with Crippen LogP contribution >= 0.6 is 11.3 Å². The first kappa shape index (κ1) is 11.6. The van der Waals surface area contributed by atoms with Crippen LogP contribution in [0.15, 0.2) is 0 Å². The summed E-state index contributed by atoms with van der Waals surface area (Å²) >= 11 is 0.496. The Hall–Kier alpha value is -0.890. The van der Waals surface area contributed by atoms with Gasteiger partial charge in [0.15, 0.2) is 0 Å². The Morgan fingerprint density at radius 1 is 1.38 bits per heavy atom. The third-order valence-electron chi connectivity index (χ3n) is 2.42. The second-order valence-corrected chi connectivity index (χ2v) is 4.76. The molecule has 0 aromatic carbocycles. The number of aromatic nitrogens is 2. The average Bonchev–Trinajstić information content (AvgIpc) is 2.58. The van der Waals surface area contributed by atoms with E-state index in [0.29, 0.717) is 36.6 Å². The number of nitrogens with zero attached hydrogens (tertiary/aromatic N) is 2. The Balaban J connectivity index is 1.84. The lowest BCUT2D eigenvalue weighted by Gasteiger charge is -2.31. The standard InChI is InChI=1S/C8H10F3N3OS/c9-8(10,11)6-13-14-7(16-6)12-3-4-1-5(15)2-4/h4-5,15H,1-3H2,(H,12,14). The summed E-state index contributed by atoms with van der Waals surface area (Å²) in [5, 5.41) is 17.5. The molecule has 2 N–H and O–H groups in total. The molecule has 0 bridgehead atoms. The normalized spacial score (nSPS) is 25.2. The summed E-state index contributed by atoms with van der Waals surface area (Å²) < 4.78 is 36.5. The maximum Gasteiger partial charge on any atom is 0.445 e. The van der Waals surface area contributed by atoms with Gasteiger partial charge in [-0.05, 0) is 18.8 Å². The van der Waals surface area contributed by atoms with Crippen molar-refractivity contribution >= 4 is 16.5 Å². The van der Waals surface area contributed by atoms with Crippen LogP contribution in [-0.2, 0) is 6.18 Å². The van der Waals surface area contributed by atoms with E-state index in [2.05, 4.69) is 15.5 Å². The first-order chi connectivity index (χ1) is 7.45. The molecule has 1 fully saturated rings. The monoisotopic (exact) mass is 253 g/mol. The van der Waals surface area contributed by atoms with Crippen LogP contribution in [0.5, 0.6) is 0 Å². The summed E-state index contributed by atoms with van der Waals surface area (Å²) in [6.45, 7) is 0.531. The van der Waals surface area contributed by atoms with Gasteiger partial charge in [0.2, 0.25) is 10.1 Å². The number of aliphatic hydroxyl groups excluding tert-OH is 1. The molecule has 0 aliphatic heterocycles. The van der Waals surface area contributed by atoms with Crippen LogP contribution in [0.1, 0.15) is 17.8 Å². The molecule has 0 unspecified atom stereocenters. The molecular formula is C8H10F3N3OS. The first-order valence-corrected chi connectivity index (χ1v) is 5.59. The van der Waals surface area contributed by atoms with Crippen molar-refractivity contribution in [3.8, 4) is 0 Å². The molecule has 0 atom stereocenters. The molecule has 2 rings (SSSR count). The average molecular weight is 253 g/mol. The van der Waals surface area contributed by atoms with Crippen molar-refractivity contribution in [3.05, 3.63) is 5.01 Å². The van der Waals surface area contributed by atoms with Gasteiger partial charge in [-0.15, -0.1) is 10.2 Å². The Morgan fingerprint density at radius 3 is 2.56 bits per heavy atom.